The van der Waals surface area contributed by atoms with Crippen LogP contribution in [0.1, 0.15) is 38.7 Å². The fraction of sp³-hybridized carbons (Fsp3) is 0.562. The molecule has 1 rings (SSSR count). The number of methoxy groups -OCH3 is 1. The van der Waals surface area contributed by atoms with Crippen LogP contribution in [0.15, 0.2) is 28.7 Å². The first kappa shape index (κ1) is 18.0. The lowest BCUT2D eigenvalue weighted by atomic mass is 9.74. The van der Waals surface area contributed by atoms with Gasteiger partial charge in [0.1, 0.15) is 6.73 Å². The van der Waals surface area contributed by atoms with E-state index in [0.29, 0.717) is 6.54 Å². The fourth-order valence-electron chi connectivity index (χ4n) is 2.47. The molecule has 4 nitrogen and oxygen atoms in total. The minimum absolute atomic E-state index is 0.0428. The molecule has 1 N–H and O–H groups in total. The zero-order chi connectivity index (χ0) is 16.0. The number of benzene rings is 1. The molecular weight excluding hydrogens is 334 g/mol. The van der Waals surface area contributed by atoms with Gasteiger partial charge in [-0.05, 0) is 29.4 Å². The molecule has 0 saturated heterocycles. The molecule has 0 bridgehead atoms. The van der Waals surface area contributed by atoms with Crippen LogP contribution in [0.3, 0.4) is 0 Å². The lowest BCUT2D eigenvalue weighted by molar-refractivity contribution is 0.0559. The topological polar surface area (TPSA) is 49.8 Å². The molecule has 0 aromatic heterocycles. The summed E-state index contributed by atoms with van der Waals surface area (Å²) in [7, 11) is 1.50. The Balaban J connectivity index is 2.91. The molecule has 0 aliphatic carbocycles. The van der Waals surface area contributed by atoms with Crippen molar-refractivity contribution in [1.29, 1.82) is 0 Å². The summed E-state index contributed by atoms with van der Waals surface area (Å²) in [5, 5.41) is 9.18. The van der Waals surface area contributed by atoms with Gasteiger partial charge >= 0.3 is 6.09 Å². The maximum atomic E-state index is 11.2. The highest BCUT2D eigenvalue weighted by molar-refractivity contribution is 9.10. The molecule has 1 amide bonds. The summed E-state index contributed by atoms with van der Waals surface area (Å²) in [6.45, 7) is 7.09. The average Bonchev–Trinajstić information content (AvgIpc) is 2.38. The van der Waals surface area contributed by atoms with Crippen molar-refractivity contribution in [2.45, 2.75) is 33.1 Å². The van der Waals surface area contributed by atoms with Crippen molar-refractivity contribution in [3.8, 4) is 0 Å². The van der Waals surface area contributed by atoms with E-state index in [1.165, 1.54) is 17.6 Å². The van der Waals surface area contributed by atoms with Gasteiger partial charge in [-0.3, -0.25) is 4.90 Å². The van der Waals surface area contributed by atoms with Crippen LogP contribution >= 0.6 is 15.9 Å². The predicted molar refractivity (Wildman–Crippen MR) is 87.6 cm³/mol. The highest BCUT2D eigenvalue weighted by atomic mass is 79.9. The number of amides is 1. The molecule has 1 unspecified atom stereocenters. The molecule has 0 fully saturated rings. The van der Waals surface area contributed by atoms with E-state index in [4.69, 9.17) is 4.74 Å². The Kier molecular flexibility index (Phi) is 6.68. The molecule has 1 atom stereocenters. The van der Waals surface area contributed by atoms with Gasteiger partial charge in [0.15, 0.2) is 0 Å². The van der Waals surface area contributed by atoms with Gasteiger partial charge in [0.2, 0.25) is 0 Å². The van der Waals surface area contributed by atoms with Crippen LogP contribution in [0.25, 0.3) is 0 Å². The van der Waals surface area contributed by atoms with Gasteiger partial charge in [0, 0.05) is 18.1 Å². The van der Waals surface area contributed by atoms with Crippen molar-refractivity contribution >= 4 is 22.0 Å². The number of hydrogen-bond donors (Lipinski definition) is 1. The van der Waals surface area contributed by atoms with Crippen molar-refractivity contribution in [2.24, 2.45) is 5.41 Å². The summed E-state index contributed by atoms with van der Waals surface area (Å²) in [6, 6.07) is 8.13. The van der Waals surface area contributed by atoms with Crippen molar-refractivity contribution in [2.75, 3.05) is 20.4 Å². The first-order chi connectivity index (χ1) is 9.77. The SMILES string of the molecule is COCN(CCC(c1ccccc1Br)C(C)(C)C)C(=O)O. The first-order valence-electron chi connectivity index (χ1n) is 6.98. The number of ether oxygens (including phenoxy) is 1. The van der Waals surface area contributed by atoms with Crippen molar-refractivity contribution in [1.82, 2.24) is 4.90 Å². The van der Waals surface area contributed by atoms with Crippen molar-refractivity contribution in [3.63, 3.8) is 0 Å². The normalized spacial score (nSPS) is 13.0. The highest BCUT2D eigenvalue weighted by Crippen LogP contribution is 2.40. The summed E-state index contributed by atoms with van der Waals surface area (Å²) in [5.41, 5.74) is 1.26. The molecule has 0 spiro atoms. The van der Waals surface area contributed by atoms with Gasteiger partial charge in [0.25, 0.3) is 0 Å². The first-order valence-corrected chi connectivity index (χ1v) is 7.78. The van der Waals surface area contributed by atoms with Gasteiger partial charge in [-0.25, -0.2) is 4.79 Å². The molecule has 118 valence electrons. The Bertz CT molecular complexity index is 471. The van der Waals surface area contributed by atoms with Crippen LogP contribution in [0.4, 0.5) is 4.79 Å². The number of carbonyl (C=O) groups is 1. The minimum Gasteiger partial charge on any atom is -0.465 e. The minimum atomic E-state index is -0.948. The molecule has 0 radical (unpaired) electrons. The third kappa shape index (κ3) is 5.32. The number of carboxylic acid groups (broad SMARTS) is 1. The second-order valence-electron chi connectivity index (χ2n) is 6.19. The summed E-state index contributed by atoms with van der Waals surface area (Å²) >= 11 is 3.60. The van der Waals surface area contributed by atoms with Crippen LogP contribution in [-0.4, -0.2) is 36.5 Å². The van der Waals surface area contributed by atoms with E-state index in [9.17, 15) is 9.90 Å². The Morgan fingerprint density at radius 1 is 1.38 bits per heavy atom. The van der Waals surface area contributed by atoms with Crippen LogP contribution < -0.4 is 0 Å². The summed E-state index contributed by atoms with van der Waals surface area (Å²) in [6.07, 6.45) is -0.196. The van der Waals surface area contributed by atoms with Gasteiger partial charge in [-0.2, -0.15) is 0 Å². The Morgan fingerprint density at radius 2 is 2.00 bits per heavy atom. The van der Waals surface area contributed by atoms with E-state index in [1.54, 1.807) is 0 Å². The maximum Gasteiger partial charge on any atom is 0.409 e. The third-order valence-corrected chi connectivity index (χ3v) is 4.29. The monoisotopic (exact) mass is 357 g/mol. The van der Waals surface area contributed by atoms with Crippen LogP contribution in [-0.2, 0) is 4.74 Å². The quantitative estimate of drug-likeness (QED) is 0.759. The molecule has 0 heterocycles. The zero-order valence-electron chi connectivity index (χ0n) is 13.1. The predicted octanol–water partition coefficient (Wildman–Crippen LogP) is 4.55. The second-order valence-corrected chi connectivity index (χ2v) is 7.05. The number of hydrogen-bond acceptors (Lipinski definition) is 2. The highest BCUT2D eigenvalue weighted by Gasteiger charge is 2.28. The molecular formula is C16H24BrNO3. The summed E-state index contributed by atoms with van der Waals surface area (Å²) in [5.74, 6) is 0.256. The second kappa shape index (κ2) is 7.80. The summed E-state index contributed by atoms with van der Waals surface area (Å²) in [4.78, 5) is 12.5. The Hall–Kier alpha value is -1.07. The number of nitrogens with zero attached hydrogens (tertiary/aromatic N) is 1. The van der Waals surface area contributed by atoms with E-state index in [-0.39, 0.29) is 18.1 Å². The molecule has 21 heavy (non-hydrogen) atoms. The Labute approximate surface area is 135 Å². The van der Waals surface area contributed by atoms with Crippen LogP contribution in [0.5, 0.6) is 0 Å². The molecule has 0 aliphatic rings. The lowest BCUT2D eigenvalue weighted by Gasteiger charge is -2.33. The fourth-order valence-corrected chi connectivity index (χ4v) is 3.03. The lowest BCUT2D eigenvalue weighted by Crippen LogP contribution is -2.34. The van der Waals surface area contributed by atoms with E-state index in [0.717, 1.165) is 10.9 Å². The largest absolute Gasteiger partial charge is 0.465 e. The molecule has 1 aromatic carbocycles. The van der Waals surface area contributed by atoms with Crippen molar-refractivity contribution in [3.05, 3.63) is 34.3 Å². The number of rotatable bonds is 6. The molecule has 1 aromatic rings. The van der Waals surface area contributed by atoms with E-state index in [2.05, 4.69) is 42.8 Å². The summed E-state index contributed by atoms with van der Waals surface area (Å²) < 4.78 is 6.02. The average molecular weight is 358 g/mol. The van der Waals surface area contributed by atoms with Gasteiger partial charge < -0.3 is 9.84 Å². The van der Waals surface area contributed by atoms with E-state index < -0.39 is 6.09 Å². The van der Waals surface area contributed by atoms with Gasteiger partial charge in [0.05, 0.1) is 0 Å². The number of halogens is 1. The van der Waals surface area contributed by atoms with Crippen LogP contribution in [0, 0.1) is 5.41 Å². The maximum absolute atomic E-state index is 11.2. The van der Waals surface area contributed by atoms with E-state index >= 15 is 0 Å². The standard InChI is InChI=1S/C16H24BrNO3/c1-16(2,3)13(12-7-5-6-8-14(12)17)9-10-18(11-21-4)15(19)20/h5-8,13H,9-11H2,1-4H3,(H,19,20). The van der Waals surface area contributed by atoms with Crippen molar-refractivity contribution < 1.29 is 14.6 Å². The smallest absolute Gasteiger partial charge is 0.409 e. The zero-order valence-corrected chi connectivity index (χ0v) is 14.7. The van der Waals surface area contributed by atoms with Gasteiger partial charge in [-0.1, -0.05) is 54.9 Å². The molecule has 0 saturated carbocycles. The molecule has 0 aliphatic heterocycles. The third-order valence-electron chi connectivity index (χ3n) is 3.57. The van der Waals surface area contributed by atoms with Gasteiger partial charge in [-0.15, -0.1) is 0 Å². The molecule has 5 heteroatoms. The van der Waals surface area contributed by atoms with Crippen LogP contribution in [0.2, 0.25) is 0 Å². The Morgan fingerprint density at radius 3 is 2.48 bits per heavy atom. The van der Waals surface area contributed by atoms with E-state index in [1.807, 2.05) is 18.2 Å².